The molecule has 0 radical (unpaired) electrons. The molecule has 6 rings (SSSR count). The molecule has 2 aromatic heterocycles. The summed E-state index contributed by atoms with van der Waals surface area (Å²) in [7, 11) is -2.24. The first kappa shape index (κ1) is 34.4. The van der Waals surface area contributed by atoms with E-state index in [-0.39, 0.29) is 34.0 Å². The minimum Gasteiger partial charge on any atom is -0.508 e. The van der Waals surface area contributed by atoms with Crippen LogP contribution in [-0.4, -0.2) is 54.1 Å². The fourth-order valence-electron chi connectivity index (χ4n) is 8.56. The summed E-state index contributed by atoms with van der Waals surface area (Å²) >= 11 is 1.35. The van der Waals surface area contributed by atoms with E-state index in [4.69, 9.17) is 14.7 Å². The van der Waals surface area contributed by atoms with Gasteiger partial charge < -0.3 is 14.7 Å². The number of phenols is 1. The number of thioether (sulfide) groups is 1. The van der Waals surface area contributed by atoms with Gasteiger partial charge in [0.2, 0.25) is 5.88 Å². The molecule has 1 aliphatic heterocycles. The highest BCUT2D eigenvalue weighted by Gasteiger charge is 2.42. The fourth-order valence-corrected chi connectivity index (χ4v) is 14.1. The zero-order valence-corrected chi connectivity index (χ0v) is 31.1. The maximum absolute atomic E-state index is 17.1. The van der Waals surface area contributed by atoms with Gasteiger partial charge in [-0.25, -0.2) is 23.7 Å². The van der Waals surface area contributed by atoms with Gasteiger partial charge in [-0.3, -0.25) is 0 Å². The van der Waals surface area contributed by atoms with E-state index in [1.165, 1.54) is 43.2 Å². The van der Waals surface area contributed by atoms with E-state index in [2.05, 4.69) is 62.9 Å². The summed E-state index contributed by atoms with van der Waals surface area (Å²) in [4.78, 5) is 16.6. The number of phenolic OH excluding ortho intramolecular Hbond substituents is 1. The Kier molecular flexibility index (Phi) is 9.67. The van der Waals surface area contributed by atoms with Crippen LogP contribution in [0, 0.1) is 34.9 Å². The maximum atomic E-state index is 17.1. The number of ether oxygens (including phenoxy) is 1. The number of fused-ring (bicyclic) bond motifs is 4. The van der Waals surface area contributed by atoms with E-state index < -0.39 is 19.7 Å². The van der Waals surface area contributed by atoms with Crippen LogP contribution in [0.1, 0.15) is 73.3 Å². The minimum absolute atomic E-state index is 0.0731. The number of pyridine rings is 1. The van der Waals surface area contributed by atoms with Gasteiger partial charge in [0.1, 0.15) is 42.1 Å². The molecule has 2 unspecified atom stereocenters. The van der Waals surface area contributed by atoms with Crippen LogP contribution in [0.25, 0.3) is 32.9 Å². The van der Waals surface area contributed by atoms with E-state index in [0.29, 0.717) is 62.2 Å². The van der Waals surface area contributed by atoms with Crippen molar-refractivity contribution < 1.29 is 18.6 Å². The topological polar surface area (TPSA) is 71.4 Å². The van der Waals surface area contributed by atoms with Crippen molar-refractivity contribution in [3.63, 3.8) is 0 Å². The number of hydrogen-bond donors (Lipinski definition) is 1. The van der Waals surface area contributed by atoms with Crippen LogP contribution in [-0.2, 0) is 0 Å². The van der Waals surface area contributed by atoms with Crippen LogP contribution < -0.4 is 9.64 Å². The van der Waals surface area contributed by atoms with E-state index in [1.54, 1.807) is 12.1 Å². The standard InChI is InChI=1S/C38H46F2N4O2SSi/c1-9-46-37-32-35(42-38(47-8)43-36(32)44-19-24-10-11-25(16-24)20-44)33(40)34(41-37)29-18-27(45)17-26-12-13-30(39)28(31(26)29)14-15-48(21(2)3,22(4)5)23(6)7/h12-13,17-18,21-25,45H,9-11,16,19-20H2,1-8H3. The molecule has 6 nitrogen and oxygen atoms in total. The number of nitrogens with zero attached hydrogens (tertiary/aromatic N) is 4. The first-order chi connectivity index (χ1) is 22.9. The van der Waals surface area contributed by atoms with Crippen molar-refractivity contribution in [2.24, 2.45) is 11.8 Å². The van der Waals surface area contributed by atoms with Gasteiger partial charge in [0.25, 0.3) is 0 Å². The molecule has 1 N–H and O–H groups in total. The van der Waals surface area contributed by atoms with Crippen molar-refractivity contribution in [1.29, 1.82) is 0 Å². The molecule has 0 amide bonds. The average Bonchev–Trinajstić information content (AvgIpc) is 3.38. The molecule has 1 saturated heterocycles. The molecule has 10 heteroatoms. The molecule has 2 aliphatic rings. The van der Waals surface area contributed by atoms with Crippen LogP contribution in [0.4, 0.5) is 14.6 Å². The Labute approximate surface area is 288 Å². The number of halogens is 2. The van der Waals surface area contributed by atoms with Crippen molar-refractivity contribution >= 4 is 47.3 Å². The summed E-state index contributed by atoms with van der Waals surface area (Å²) in [6.07, 6.45) is 5.47. The van der Waals surface area contributed by atoms with Crippen LogP contribution in [0.3, 0.4) is 0 Å². The number of aromatic nitrogens is 3. The van der Waals surface area contributed by atoms with E-state index in [1.807, 2.05) is 13.2 Å². The molecule has 0 spiro atoms. The van der Waals surface area contributed by atoms with Gasteiger partial charge >= 0.3 is 0 Å². The normalized spacial score (nSPS) is 18.0. The number of piperidine rings is 1. The SMILES string of the molecule is CCOc1nc(-c2cc(O)cc3ccc(F)c(C#C[Si](C(C)C)(C(C)C)C(C)C)c23)c(F)c2nc(SC)nc(N3CC4CCC(C4)C3)c12. The second-order valence-electron chi connectivity index (χ2n) is 14.4. The Morgan fingerprint density at radius 1 is 0.979 bits per heavy atom. The summed E-state index contributed by atoms with van der Waals surface area (Å²) in [6, 6.07) is 5.96. The molecular formula is C38H46F2N4O2SSi. The van der Waals surface area contributed by atoms with Gasteiger partial charge in [-0.15, -0.1) is 5.54 Å². The lowest BCUT2D eigenvalue weighted by molar-refractivity contribution is 0.330. The zero-order valence-electron chi connectivity index (χ0n) is 29.2. The Balaban J connectivity index is 1.65. The van der Waals surface area contributed by atoms with Crippen LogP contribution >= 0.6 is 11.8 Å². The zero-order chi connectivity index (χ0) is 34.5. The van der Waals surface area contributed by atoms with Gasteiger partial charge in [0, 0.05) is 24.0 Å². The van der Waals surface area contributed by atoms with Crippen LogP contribution in [0.15, 0.2) is 29.4 Å². The minimum atomic E-state index is -2.24. The van der Waals surface area contributed by atoms with Crippen molar-refractivity contribution in [3.05, 3.63) is 41.5 Å². The first-order valence-corrected chi connectivity index (χ1v) is 20.7. The van der Waals surface area contributed by atoms with Gasteiger partial charge in [0.05, 0.1) is 12.2 Å². The number of aromatic hydroxyl groups is 1. The molecule has 4 aromatic rings. The van der Waals surface area contributed by atoms with Crippen LogP contribution in [0.2, 0.25) is 16.6 Å². The quantitative estimate of drug-likeness (QED) is 0.0855. The Hall–Kier alpha value is -3.42. The molecule has 3 heterocycles. The molecular weight excluding hydrogens is 643 g/mol. The van der Waals surface area contributed by atoms with Gasteiger partial charge in [-0.2, -0.15) is 0 Å². The first-order valence-electron chi connectivity index (χ1n) is 17.2. The Morgan fingerprint density at radius 2 is 1.65 bits per heavy atom. The van der Waals surface area contributed by atoms with Crippen LogP contribution in [0.5, 0.6) is 11.6 Å². The van der Waals surface area contributed by atoms with Crippen molar-refractivity contribution in [2.45, 2.75) is 89.5 Å². The second kappa shape index (κ2) is 13.5. The molecule has 2 fully saturated rings. The molecule has 2 aromatic carbocycles. The van der Waals surface area contributed by atoms with Crippen molar-refractivity contribution in [1.82, 2.24) is 15.0 Å². The third kappa shape index (κ3) is 5.91. The summed E-state index contributed by atoms with van der Waals surface area (Å²) in [6.45, 7) is 17.1. The third-order valence-corrected chi connectivity index (χ3v) is 17.5. The Morgan fingerprint density at radius 3 is 2.25 bits per heavy atom. The van der Waals surface area contributed by atoms with Crippen molar-refractivity contribution in [3.8, 4) is 34.4 Å². The van der Waals surface area contributed by atoms with E-state index in [9.17, 15) is 5.11 Å². The smallest absolute Gasteiger partial charge is 0.227 e. The van der Waals surface area contributed by atoms with E-state index in [0.717, 1.165) is 13.1 Å². The van der Waals surface area contributed by atoms with Gasteiger partial charge in [0.15, 0.2) is 11.0 Å². The molecule has 254 valence electrons. The molecule has 2 bridgehead atoms. The predicted octanol–water partition coefficient (Wildman–Crippen LogP) is 9.76. The highest BCUT2D eigenvalue weighted by atomic mass is 32.2. The summed E-state index contributed by atoms with van der Waals surface area (Å²) in [5.74, 6) is 4.05. The largest absolute Gasteiger partial charge is 0.508 e. The lowest BCUT2D eigenvalue weighted by atomic mass is 9.95. The predicted molar refractivity (Wildman–Crippen MR) is 196 cm³/mol. The second-order valence-corrected chi connectivity index (χ2v) is 20.7. The highest BCUT2D eigenvalue weighted by molar-refractivity contribution is 7.98. The Bertz CT molecular complexity index is 1910. The average molecular weight is 689 g/mol. The number of benzene rings is 2. The molecule has 48 heavy (non-hydrogen) atoms. The highest BCUT2D eigenvalue weighted by Crippen LogP contribution is 2.45. The summed E-state index contributed by atoms with van der Waals surface area (Å²) in [5, 5.41) is 12.7. The van der Waals surface area contributed by atoms with Gasteiger partial charge in [-0.1, -0.05) is 65.3 Å². The monoisotopic (exact) mass is 688 g/mol. The van der Waals surface area contributed by atoms with Gasteiger partial charge in [-0.05, 0) is 84.5 Å². The third-order valence-electron chi connectivity index (χ3n) is 10.7. The number of hydrogen-bond acceptors (Lipinski definition) is 7. The summed E-state index contributed by atoms with van der Waals surface area (Å²) < 4.78 is 39.2. The van der Waals surface area contributed by atoms with E-state index >= 15 is 8.78 Å². The maximum Gasteiger partial charge on any atom is 0.227 e. The number of anilines is 1. The lowest BCUT2D eigenvalue weighted by Gasteiger charge is -2.38. The molecule has 1 aliphatic carbocycles. The van der Waals surface area contributed by atoms with Crippen molar-refractivity contribution in [2.75, 3.05) is 30.9 Å². The number of rotatable bonds is 8. The molecule has 2 atom stereocenters. The summed E-state index contributed by atoms with van der Waals surface area (Å²) in [5.41, 5.74) is 5.11. The molecule has 1 saturated carbocycles. The fraction of sp³-hybridized carbons (Fsp3) is 0.500. The lowest BCUT2D eigenvalue weighted by Crippen LogP contribution is -2.43.